The van der Waals surface area contributed by atoms with Gasteiger partial charge in [0.1, 0.15) is 17.5 Å². The van der Waals surface area contributed by atoms with Crippen LogP contribution in [-0.4, -0.2) is 24.5 Å². The van der Waals surface area contributed by atoms with Crippen LogP contribution >= 0.6 is 0 Å². The smallest absolute Gasteiger partial charge is 0.296 e. The van der Waals surface area contributed by atoms with Gasteiger partial charge in [-0.2, -0.15) is 0 Å². The van der Waals surface area contributed by atoms with Gasteiger partial charge in [-0.15, -0.1) is 0 Å². The average Bonchev–Trinajstić information content (AvgIpc) is 2.62. The Labute approximate surface area is 152 Å². The number of nitrogens with two attached hydrogens (primary N) is 1. The number of hydrogen-bond acceptors (Lipinski definition) is 4. The largest absolute Gasteiger partial charge is 0.496 e. The molecule has 2 rings (SSSR count). The monoisotopic (exact) mass is 358 g/mol. The molecule has 26 heavy (non-hydrogen) atoms. The first kappa shape index (κ1) is 19.4. The van der Waals surface area contributed by atoms with E-state index in [0.29, 0.717) is 11.7 Å². The first-order valence-corrected chi connectivity index (χ1v) is 8.43. The molecule has 0 spiro atoms. The van der Waals surface area contributed by atoms with Crippen LogP contribution in [0, 0.1) is 16.0 Å². The molecule has 1 atom stereocenters. The number of carbonyl (C=O) groups is 1. The van der Waals surface area contributed by atoms with Gasteiger partial charge in [0.15, 0.2) is 6.54 Å². The van der Waals surface area contributed by atoms with E-state index in [-0.39, 0.29) is 29.9 Å². The summed E-state index contributed by atoms with van der Waals surface area (Å²) >= 11 is 0. The predicted octanol–water partition coefficient (Wildman–Crippen LogP) is 2.50. The highest BCUT2D eigenvalue weighted by Gasteiger charge is 2.22. The quantitative estimate of drug-likeness (QED) is 0.559. The van der Waals surface area contributed by atoms with Gasteiger partial charge in [-0.1, -0.05) is 44.2 Å². The summed E-state index contributed by atoms with van der Waals surface area (Å²) in [4.78, 5) is 23.0. The molecule has 0 aliphatic heterocycles. The van der Waals surface area contributed by atoms with Gasteiger partial charge in [-0.25, -0.2) is 0 Å². The van der Waals surface area contributed by atoms with Crippen molar-refractivity contribution in [2.75, 3.05) is 19.0 Å². The van der Waals surface area contributed by atoms with Gasteiger partial charge in [-0.3, -0.25) is 14.9 Å². The first-order chi connectivity index (χ1) is 12.4. The predicted molar refractivity (Wildman–Crippen MR) is 99.1 cm³/mol. The fourth-order valence-corrected chi connectivity index (χ4v) is 2.80. The third kappa shape index (κ3) is 5.03. The molecule has 0 fully saturated rings. The third-order valence-electron chi connectivity index (χ3n) is 4.14. The minimum atomic E-state index is -0.539. The Kier molecular flexibility index (Phi) is 6.68. The molecule has 138 valence electrons. The minimum Gasteiger partial charge on any atom is -0.496 e. The van der Waals surface area contributed by atoms with Gasteiger partial charge in [0.25, 0.3) is 11.6 Å². The minimum absolute atomic E-state index is 0.132. The number of methoxy groups -OCH3 is 1. The molecule has 0 saturated carbocycles. The van der Waals surface area contributed by atoms with Crippen LogP contribution in [0.1, 0.15) is 25.5 Å². The molecule has 0 saturated heterocycles. The van der Waals surface area contributed by atoms with Gasteiger partial charge >= 0.3 is 0 Å². The molecule has 7 nitrogen and oxygen atoms in total. The van der Waals surface area contributed by atoms with Crippen molar-refractivity contribution in [2.45, 2.75) is 19.9 Å². The van der Waals surface area contributed by atoms with E-state index >= 15 is 0 Å². The first-order valence-electron chi connectivity index (χ1n) is 8.43. The standard InChI is InChI=1S/C19H23N3O4/c1-13(2)19(14-7-5-4-6-8-14)20-12-18(23)21-16-10-9-15(26-3)11-17(16)22(24)25/h4-11,13,19-20H,12H2,1-3H3,(H,21,23)/p+1/t19-/m0/s1. The van der Waals surface area contributed by atoms with Gasteiger partial charge in [0, 0.05) is 11.5 Å². The lowest BCUT2D eigenvalue weighted by Crippen LogP contribution is -2.88. The van der Waals surface area contributed by atoms with Gasteiger partial charge in [0.2, 0.25) is 0 Å². The molecule has 2 aromatic rings. The highest BCUT2D eigenvalue weighted by Crippen LogP contribution is 2.28. The molecule has 0 heterocycles. The fourth-order valence-electron chi connectivity index (χ4n) is 2.80. The zero-order chi connectivity index (χ0) is 19.1. The number of amides is 1. The van der Waals surface area contributed by atoms with E-state index < -0.39 is 4.92 Å². The van der Waals surface area contributed by atoms with Crippen molar-refractivity contribution < 1.29 is 19.8 Å². The Morgan fingerprint density at radius 3 is 2.50 bits per heavy atom. The Hall–Kier alpha value is -2.93. The molecule has 2 aromatic carbocycles. The number of rotatable bonds is 8. The molecule has 1 amide bonds. The Bertz CT molecular complexity index is 763. The number of nitrogens with one attached hydrogen (secondary N) is 1. The molecule has 0 radical (unpaired) electrons. The lowest BCUT2D eigenvalue weighted by molar-refractivity contribution is -0.692. The number of quaternary nitrogens is 1. The van der Waals surface area contributed by atoms with Crippen LogP contribution in [0.5, 0.6) is 5.75 Å². The van der Waals surface area contributed by atoms with Crippen molar-refractivity contribution in [1.29, 1.82) is 0 Å². The van der Waals surface area contributed by atoms with E-state index in [1.165, 1.54) is 19.2 Å². The Balaban J connectivity index is 2.05. The summed E-state index contributed by atoms with van der Waals surface area (Å²) in [6.45, 7) is 4.36. The number of anilines is 1. The summed E-state index contributed by atoms with van der Waals surface area (Å²) < 4.78 is 5.00. The number of ether oxygens (including phenoxy) is 1. The lowest BCUT2D eigenvalue weighted by atomic mass is 9.96. The number of nitro benzene ring substituents is 1. The van der Waals surface area contributed by atoms with Gasteiger partial charge in [0.05, 0.1) is 18.1 Å². The number of carbonyl (C=O) groups excluding carboxylic acids is 1. The summed E-state index contributed by atoms with van der Waals surface area (Å²) in [6.07, 6.45) is 0. The summed E-state index contributed by atoms with van der Waals surface area (Å²) in [6, 6.07) is 14.4. The normalized spacial score (nSPS) is 11.8. The number of hydrogen-bond donors (Lipinski definition) is 2. The molecule has 0 aliphatic rings. The second-order valence-corrected chi connectivity index (χ2v) is 6.31. The number of nitro groups is 1. The maximum Gasteiger partial charge on any atom is 0.296 e. The van der Waals surface area contributed by atoms with E-state index in [4.69, 9.17) is 4.74 Å². The van der Waals surface area contributed by atoms with Gasteiger partial charge in [-0.05, 0) is 12.1 Å². The van der Waals surface area contributed by atoms with Crippen molar-refractivity contribution in [3.8, 4) is 5.75 Å². The van der Waals surface area contributed by atoms with Gasteiger partial charge < -0.3 is 15.4 Å². The SMILES string of the molecule is COc1ccc(NC(=O)C[NH2+][C@H](c2ccccc2)C(C)C)c([N+](=O)[O-])c1. The van der Waals surface area contributed by atoms with E-state index in [0.717, 1.165) is 5.56 Å². The molecular weight excluding hydrogens is 334 g/mol. The summed E-state index contributed by atoms with van der Waals surface area (Å²) in [5.74, 6) is 0.408. The summed E-state index contributed by atoms with van der Waals surface area (Å²) in [5, 5.41) is 15.8. The van der Waals surface area contributed by atoms with Crippen LogP contribution < -0.4 is 15.4 Å². The number of benzene rings is 2. The van der Waals surface area contributed by atoms with E-state index in [2.05, 4.69) is 19.2 Å². The second-order valence-electron chi connectivity index (χ2n) is 6.31. The number of nitrogens with zero attached hydrogens (tertiary/aromatic N) is 1. The third-order valence-corrected chi connectivity index (χ3v) is 4.14. The Morgan fingerprint density at radius 1 is 1.23 bits per heavy atom. The van der Waals surface area contributed by atoms with E-state index in [1.807, 2.05) is 35.6 Å². The molecule has 0 aromatic heterocycles. The van der Waals surface area contributed by atoms with Crippen LogP contribution in [0.3, 0.4) is 0 Å². The Morgan fingerprint density at radius 2 is 1.92 bits per heavy atom. The highest BCUT2D eigenvalue weighted by molar-refractivity contribution is 5.93. The fraction of sp³-hybridized carbons (Fsp3) is 0.316. The van der Waals surface area contributed by atoms with Crippen LogP contribution in [-0.2, 0) is 4.79 Å². The van der Waals surface area contributed by atoms with Crippen molar-refractivity contribution in [3.63, 3.8) is 0 Å². The topological polar surface area (TPSA) is 98.1 Å². The molecule has 7 heteroatoms. The van der Waals surface area contributed by atoms with Crippen LogP contribution in [0.15, 0.2) is 48.5 Å². The van der Waals surface area contributed by atoms with Crippen LogP contribution in [0.25, 0.3) is 0 Å². The zero-order valence-corrected chi connectivity index (χ0v) is 15.1. The summed E-state index contributed by atoms with van der Waals surface area (Å²) in [7, 11) is 1.43. The van der Waals surface area contributed by atoms with E-state index in [9.17, 15) is 14.9 Å². The van der Waals surface area contributed by atoms with Crippen molar-refractivity contribution >= 4 is 17.3 Å². The molecule has 3 N–H and O–H groups in total. The maximum atomic E-state index is 12.3. The summed E-state index contributed by atoms with van der Waals surface area (Å²) in [5.41, 5.74) is 1.11. The van der Waals surface area contributed by atoms with Crippen molar-refractivity contribution in [1.82, 2.24) is 0 Å². The molecular formula is C19H24N3O4+. The van der Waals surface area contributed by atoms with Crippen LogP contribution in [0.4, 0.5) is 11.4 Å². The average molecular weight is 358 g/mol. The van der Waals surface area contributed by atoms with Crippen LogP contribution in [0.2, 0.25) is 0 Å². The zero-order valence-electron chi connectivity index (χ0n) is 15.1. The molecule has 0 unspecified atom stereocenters. The van der Waals surface area contributed by atoms with Crippen molar-refractivity contribution in [2.24, 2.45) is 5.92 Å². The van der Waals surface area contributed by atoms with E-state index in [1.54, 1.807) is 6.07 Å². The molecule has 0 aliphatic carbocycles. The second kappa shape index (κ2) is 8.96. The van der Waals surface area contributed by atoms with Crippen molar-refractivity contribution in [3.05, 3.63) is 64.2 Å². The highest BCUT2D eigenvalue weighted by atomic mass is 16.6. The maximum absolute atomic E-state index is 12.3. The molecule has 0 bridgehead atoms. The lowest BCUT2D eigenvalue weighted by Gasteiger charge is -2.19.